The molecule has 18 heavy (non-hydrogen) atoms. The van der Waals surface area contributed by atoms with Crippen molar-refractivity contribution in [2.24, 2.45) is 5.73 Å². The highest BCUT2D eigenvalue weighted by atomic mass is 19.4. The first-order valence-electron chi connectivity index (χ1n) is 5.77. The van der Waals surface area contributed by atoms with Crippen molar-refractivity contribution in [2.75, 3.05) is 6.54 Å². The van der Waals surface area contributed by atoms with Crippen LogP contribution >= 0.6 is 0 Å². The Bertz CT molecular complexity index is 427. The summed E-state index contributed by atoms with van der Waals surface area (Å²) in [5.41, 5.74) is 5.32. The first-order valence-corrected chi connectivity index (χ1v) is 5.77. The van der Waals surface area contributed by atoms with E-state index < -0.39 is 11.7 Å². The van der Waals surface area contributed by atoms with Gasteiger partial charge in [-0.05, 0) is 44.0 Å². The normalized spacial score (nSPS) is 11.6. The van der Waals surface area contributed by atoms with Crippen LogP contribution in [0.5, 0.6) is 0 Å². The van der Waals surface area contributed by atoms with Gasteiger partial charge < -0.3 is 5.73 Å². The highest BCUT2D eigenvalue weighted by molar-refractivity contribution is 5.97. The van der Waals surface area contributed by atoms with Crippen LogP contribution in [0.1, 0.15) is 40.7 Å². The number of ketones is 1. The fourth-order valence-corrected chi connectivity index (χ4v) is 1.72. The van der Waals surface area contributed by atoms with Crippen LogP contribution in [0.25, 0.3) is 0 Å². The van der Waals surface area contributed by atoms with E-state index in [0.717, 1.165) is 18.6 Å². The zero-order chi connectivity index (χ0) is 13.8. The third-order valence-corrected chi connectivity index (χ3v) is 2.71. The molecule has 0 aliphatic rings. The third-order valence-electron chi connectivity index (χ3n) is 2.71. The number of hydrogen-bond donors (Lipinski definition) is 1. The van der Waals surface area contributed by atoms with Crippen LogP contribution in [0.3, 0.4) is 0 Å². The van der Waals surface area contributed by atoms with E-state index in [2.05, 4.69) is 0 Å². The minimum absolute atomic E-state index is 0.130. The van der Waals surface area contributed by atoms with Crippen molar-refractivity contribution in [3.05, 3.63) is 34.9 Å². The van der Waals surface area contributed by atoms with Gasteiger partial charge in [0.15, 0.2) is 5.78 Å². The van der Waals surface area contributed by atoms with Gasteiger partial charge in [-0.15, -0.1) is 0 Å². The number of benzene rings is 1. The predicted octanol–water partition coefficient (Wildman–Crippen LogP) is 3.33. The quantitative estimate of drug-likeness (QED) is 0.651. The molecule has 0 aromatic heterocycles. The second-order valence-electron chi connectivity index (χ2n) is 4.20. The number of carbonyl (C=O) groups excluding carboxylic acids is 1. The Morgan fingerprint density at radius 3 is 2.44 bits per heavy atom. The third kappa shape index (κ3) is 3.84. The van der Waals surface area contributed by atoms with Gasteiger partial charge in [-0.1, -0.05) is 6.07 Å². The molecule has 0 saturated heterocycles. The van der Waals surface area contributed by atoms with Gasteiger partial charge in [0.1, 0.15) is 0 Å². The van der Waals surface area contributed by atoms with Crippen LogP contribution in [0.2, 0.25) is 0 Å². The van der Waals surface area contributed by atoms with E-state index in [0.29, 0.717) is 30.5 Å². The van der Waals surface area contributed by atoms with Crippen molar-refractivity contribution in [2.45, 2.75) is 32.4 Å². The second-order valence-corrected chi connectivity index (χ2v) is 4.20. The standard InChI is InChI=1S/C13H16F3NO/c1-9-8-10(13(14,15)16)5-6-11(9)12(18)4-2-3-7-17/h5-6,8H,2-4,7,17H2,1H3. The molecule has 5 heteroatoms. The summed E-state index contributed by atoms with van der Waals surface area (Å²) < 4.78 is 37.4. The molecule has 0 saturated carbocycles. The Morgan fingerprint density at radius 2 is 1.94 bits per heavy atom. The molecule has 0 spiro atoms. The van der Waals surface area contributed by atoms with Crippen LogP contribution in [0, 0.1) is 6.92 Å². The molecule has 0 radical (unpaired) electrons. The van der Waals surface area contributed by atoms with E-state index in [1.807, 2.05) is 0 Å². The lowest BCUT2D eigenvalue weighted by atomic mass is 9.98. The summed E-state index contributed by atoms with van der Waals surface area (Å²) in [6.07, 6.45) is -2.64. The van der Waals surface area contributed by atoms with Gasteiger partial charge >= 0.3 is 6.18 Å². The summed E-state index contributed by atoms with van der Waals surface area (Å²) in [5, 5.41) is 0. The summed E-state index contributed by atoms with van der Waals surface area (Å²) in [5.74, 6) is -0.130. The molecule has 2 N–H and O–H groups in total. The van der Waals surface area contributed by atoms with Crippen LogP contribution in [0.15, 0.2) is 18.2 Å². The number of alkyl halides is 3. The molecular formula is C13H16F3NO. The van der Waals surface area contributed by atoms with E-state index in [1.165, 1.54) is 13.0 Å². The number of halogens is 3. The molecule has 1 aromatic rings. The van der Waals surface area contributed by atoms with E-state index in [1.54, 1.807) is 0 Å². The summed E-state index contributed by atoms with van der Waals surface area (Å²) >= 11 is 0. The van der Waals surface area contributed by atoms with Crippen molar-refractivity contribution in [1.82, 2.24) is 0 Å². The lowest BCUT2D eigenvalue weighted by Crippen LogP contribution is -2.08. The molecule has 0 heterocycles. The Morgan fingerprint density at radius 1 is 1.28 bits per heavy atom. The number of Topliss-reactive ketones (excluding diaryl/α,β-unsaturated/α-hetero) is 1. The maximum absolute atomic E-state index is 12.5. The Labute approximate surface area is 104 Å². The highest BCUT2D eigenvalue weighted by Crippen LogP contribution is 2.30. The van der Waals surface area contributed by atoms with Crippen LogP contribution < -0.4 is 5.73 Å². The Hall–Kier alpha value is -1.36. The highest BCUT2D eigenvalue weighted by Gasteiger charge is 2.30. The van der Waals surface area contributed by atoms with Gasteiger partial charge in [-0.25, -0.2) is 0 Å². The zero-order valence-electron chi connectivity index (χ0n) is 10.2. The summed E-state index contributed by atoms with van der Waals surface area (Å²) in [6, 6.07) is 3.21. The lowest BCUT2D eigenvalue weighted by Gasteiger charge is -2.10. The zero-order valence-corrected chi connectivity index (χ0v) is 10.2. The fraction of sp³-hybridized carbons (Fsp3) is 0.462. The largest absolute Gasteiger partial charge is 0.416 e. The van der Waals surface area contributed by atoms with Gasteiger partial charge in [-0.3, -0.25) is 4.79 Å². The second kappa shape index (κ2) is 6.00. The average Bonchev–Trinajstić information content (AvgIpc) is 2.27. The molecular weight excluding hydrogens is 243 g/mol. The first kappa shape index (κ1) is 14.7. The molecule has 0 fully saturated rings. The smallest absolute Gasteiger partial charge is 0.330 e. The monoisotopic (exact) mass is 259 g/mol. The molecule has 0 aliphatic heterocycles. The van der Waals surface area contributed by atoms with Crippen LogP contribution in [-0.2, 0) is 6.18 Å². The fourth-order valence-electron chi connectivity index (χ4n) is 1.72. The molecule has 0 bridgehead atoms. The van der Waals surface area contributed by atoms with Gasteiger partial charge in [-0.2, -0.15) is 13.2 Å². The van der Waals surface area contributed by atoms with Crippen molar-refractivity contribution in [1.29, 1.82) is 0 Å². The van der Waals surface area contributed by atoms with E-state index >= 15 is 0 Å². The molecule has 0 atom stereocenters. The number of rotatable bonds is 5. The van der Waals surface area contributed by atoms with Gasteiger partial charge in [0.05, 0.1) is 5.56 Å². The van der Waals surface area contributed by atoms with Crippen molar-refractivity contribution < 1.29 is 18.0 Å². The number of unbranched alkanes of at least 4 members (excludes halogenated alkanes) is 1. The molecule has 1 aromatic carbocycles. The Balaban J connectivity index is 2.82. The lowest BCUT2D eigenvalue weighted by molar-refractivity contribution is -0.137. The summed E-state index contributed by atoms with van der Waals surface area (Å²) in [4.78, 5) is 11.8. The predicted molar refractivity (Wildman–Crippen MR) is 63.4 cm³/mol. The maximum atomic E-state index is 12.5. The Kier molecular flexibility index (Phi) is 4.90. The SMILES string of the molecule is Cc1cc(C(F)(F)F)ccc1C(=O)CCCCN. The minimum atomic E-state index is -4.37. The molecule has 100 valence electrons. The van der Waals surface area contributed by atoms with E-state index in [4.69, 9.17) is 5.73 Å². The summed E-state index contributed by atoms with van der Waals surface area (Å²) in [6.45, 7) is 2.03. The average molecular weight is 259 g/mol. The molecule has 0 unspecified atom stereocenters. The molecule has 0 amide bonds. The van der Waals surface area contributed by atoms with Gasteiger partial charge in [0.25, 0.3) is 0 Å². The number of carbonyl (C=O) groups is 1. The molecule has 0 aliphatic carbocycles. The van der Waals surface area contributed by atoms with Crippen molar-refractivity contribution >= 4 is 5.78 Å². The maximum Gasteiger partial charge on any atom is 0.416 e. The number of aryl methyl sites for hydroxylation is 1. The van der Waals surface area contributed by atoms with Crippen molar-refractivity contribution in [3.63, 3.8) is 0 Å². The molecule has 1 rings (SSSR count). The van der Waals surface area contributed by atoms with Gasteiger partial charge in [0.2, 0.25) is 0 Å². The van der Waals surface area contributed by atoms with Crippen LogP contribution in [0.4, 0.5) is 13.2 Å². The van der Waals surface area contributed by atoms with E-state index in [9.17, 15) is 18.0 Å². The topological polar surface area (TPSA) is 43.1 Å². The number of nitrogens with two attached hydrogens (primary N) is 1. The minimum Gasteiger partial charge on any atom is -0.330 e. The van der Waals surface area contributed by atoms with Crippen LogP contribution in [-0.4, -0.2) is 12.3 Å². The first-order chi connectivity index (χ1) is 8.36. The molecule has 2 nitrogen and oxygen atoms in total. The van der Waals surface area contributed by atoms with E-state index in [-0.39, 0.29) is 5.78 Å². The number of hydrogen-bond acceptors (Lipinski definition) is 2. The summed E-state index contributed by atoms with van der Waals surface area (Å²) in [7, 11) is 0. The van der Waals surface area contributed by atoms with Gasteiger partial charge in [0, 0.05) is 12.0 Å². The van der Waals surface area contributed by atoms with Crippen molar-refractivity contribution in [3.8, 4) is 0 Å².